The molecule has 3 aromatic rings. The van der Waals surface area contributed by atoms with Crippen molar-refractivity contribution in [2.24, 2.45) is 0 Å². The van der Waals surface area contributed by atoms with Gasteiger partial charge in [0.1, 0.15) is 5.82 Å². The van der Waals surface area contributed by atoms with Crippen LogP contribution in [0.15, 0.2) is 30.3 Å². The molecule has 0 aliphatic heterocycles. The first-order chi connectivity index (χ1) is 11.7. The highest BCUT2D eigenvalue weighted by Crippen LogP contribution is 2.44. The average Bonchev–Trinajstić information content (AvgIpc) is 3.50. The Morgan fingerprint density at radius 2 is 1.92 bits per heavy atom. The van der Waals surface area contributed by atoms with E-state index in [9.17, 15) is 0 Å². The predicted octanol–water partition coefficient (Wildman–Crippen LogP) is 4.28. The Balaban J connectivity index is 1.36. The topological polar surface area (TPSA) is 55.1 Å². The standard InChI is InChI=1S/C17H15Cl2N5/c18-12-4-3-10(7-13(12)19)11-8-14(11)20-15-5-6-16-21-22-17(9-1-2-9)24(16)23-15/h3-7,9,11,14H,1-2,8H2,(H,20,23). The first kappa shape index (κ1) is 14.5. The van der Waals surface area contributed by atoms with Crippen molar-refractivity contribution >= 4 is 34.7 Å². The van der Waals surface area contributed by atoms with Crippen LogP contribution in [-0.2, 0) is 0 Å². The molecule has 0 spiro atoms. The van der Waals surface area contributed by atoms with Gasteiger partial charge in [0, 0.05) is 17.9 Å². The first-order valence-corrected chi connectivity index (χ1v) is 8.88. The highest BCUT2D eigenvalue weighted by Gasteiger charge is 2.39. The number of rotatable bonds is 4. The fourth-order valence-corrected chi connectivity index (χ4v) is 3.44. The molecule has 0 saturated heterocycles. The lowest BCUT2D eigenvalue weighted by Crippen LogP contribution is -2.08. The van der Waals surface area contributed by atoms with Gasteiger partial charge in [0.05, 0.1) is 10.0 Å². The molecule has 2 aliphatic carbocycles. The average molecular weight is 360 g/mol. The molecule has 1 aromatic carbocycles. The third kappa shape index (κ3) is 2.52. The number of hydrogen-bond acceptors (Lipinski definition) is 4. The second-order valence-electron chi connectivity index (χ2n) is 6.59. The zero-order valence-corrected chi connectivity index (χ0v) is 14.3. The molecular formula is C17H15Cl2N5. The SMILES string of the molecule is Clc1ccc(C2CC2Nc2ccc3nnc(C4CC4)n3n2)cc1Cl. The molecule has 2 fully saturated rings. The lowest BCUT2D eigenvalue weighted by atomic mass is 10.1. The number of hydrogen-bond donors (Lipinski definition) is 1. The molecule has 0 amide bonds. The van der Waals surface area contributed by atoms with Crippen LogP contribution in [0, 0.1) is 0 Å². The molecule has 122 valence electrons. The van der Waals surface area contributed by atoms with Crippen LogP contribution in [0.4, 0.5) is 5.82 Å². The zero-order chi connectivity index (χ0) is 16.3. The Bertz CT molecular complexity index is 934. The van der Waals surface area contributed by atoms with Crippen molar-refractivity contribution < 1.29 is 0 Å². The second kappa shape index (κ2) is 5.33. The number of aromatic nitrogens is 4. The van der Waals surface area contributed by atoms with Gasteiger partial charge in [-0.1, -0.05) is 29.3 Å². The van der Waals surface area contributed by atoms with Crippen molar-refractivity contribution in [3.05, 3.63) is 51.8 Å². The van der Waals surface area contributed by atoms with Crippen LogP contribution < -0.4 is 5.32 Å². The van der Waals surface area contributed by atoms with Gasteiger partial charge in [-0.25, -0.2) is 0 Å². The smallest absolute Gasteiger partial charge is 0.178 e. The summed E-state index contributed by atoms with van der Waals surface area (Å²) >= 11 is 12.1. The van der Waals surface area contributed by atoms with Gasteiger partial charge in [0.25, 0.3) is 0 Å². The largest absolute Gasteiger partial charge is 0.365 e. The zero-order valence-electron chi connectivity index (χ0n) is 12.8. The maximum absolute atomic E-state index is 6.12. The van der Waals surface area contributed by atoms with Gasteiger partial charge in [-0.05, 0) is 49.1 Å². The van der Waals surface area contributed by atoms with E-state index in [0.29, 0.717) is 27.9 Å². The molecule has 2 unspecified atom stereocenters. The summed E-state index contributed by atoms with van der Waals surface area (Å²) in [5, 5.41) is 17.8. The van der Waals surface area contributed by atoms with Gasteiger partial charge in [0.2, 0.25) is 0 Å². The Morgan fingerprint density at radius 3 is 2.71 bits per heavy atom. The maximum Gasteiger partial charge on any atom is 0.178 e. The maximum atomic E-state index is 6.12. The van der Waals surface area contributed by atoms with E-state index in [4.69, 9.17) is 23.2 Å². The number of nitrogens with zero attached hydrogens (tertiary/aromatic N) is 4. The molecule has 2 atom stereocenters. The van der Waals surface area contributed by atoms with Gasteiger partial charge in [-0.3, -0.25) is 0 Å². The number of halogens is 2. The van der Waals surface area contributed by atoms with Crippen molar-refractivity contribution in [2.75, 3.05) is 5.32 Å². The van der Waals surface area contributed by atoms with Crippen LogP contribution in [0.1, 0.15) is 42.5 Å². The van der Waals surface area contributed by atoms with Crippen molar-refractivity contribution in [3.63, 3.8) is 0 Å². The summed E-state index contributed by atoms with van der Waals surface area (Å²) in [4.78, 5) is 0. The quantitative estimate of drug-likeness (QED) is 0.755. The van der Waals surface area contributed by atoms with Crippen molar-refractivity contribution in [1.29, 1.82) is 0 Å². The van der Waals surface area contributed by atoms with E-state index in [-0.39, 0.29) is 0 Å². The van der Waals surface area contributed by atoms with Gasteiger partial charge < -0.3 is 5.32 Å². The Morgan fingerprint density at radius 1 is 1.04 bits per heavy atom. The predicted molar refractivity (Wildman–Crippen MR) is 94.0 cm³/mol. The molecule has 24 heavy (non-hydrogen) atoms. The highest BCUT2D eigenvalue weighted by molar-refractivity contribution is 6.42. The van der Waals surface area contributed by atoms with Crippen molar-refractivity contribution in [2.45, 2.75) is 37.1 Å². The lowest BCUT2D eigenvalue weighted by molar-refractivity contribution is 0.813. The first-order valence-electron chi connectivity index (χ1n) is 8.13. The Labute approximate surface area is 149 Å². The van der Waals surface area contributed by atoms with Crippen molar-refractivity contribution in [3.8, 4) is 0 Å². The molecule has 2 aliphatic rings. The van der Waals surface area contributed by atoms with Crippen LogP contribution in [0.3, 0.4) is 0 Å². The minimum Gasteiger partial charge on any atom is -0.365 e. The summed E-state index contributed by atoms with van der Waals surface area (Å²) in [6, 6.07) is 10.2. The van der Waals surface area contributed by atoms with E-state index < -0.39 is 0 Å². The van der Waals surface area contributed by atoms with Crippen molar-refractivity contribution in [1.82, 2.24) is 19.8 Å². The van der Waals surface area contributed by atoms with Gasteiger partial charge in [-0.2, -0.15) is 4.52 Å². The summed E-state index contributed by atoms with van der Waals surface area (Å²) < 4.78 is 1.87. The molecule has 1 N–H and O–H groups in total. The fraction of sp³-hybridized carbons (Fsp3) is 0.353. The number of nitrogens with one attached hydrogen (secondary N) is 1. The van der Waals surface area contributed by atoms with E-state index in [0.717, 1.165) is 23.7 Å². The van der Waals surface area contributed by atoms with E-state index >= 15 is 0 Å². The number of fused-ring (bicyclic) bond motifs is 1. The normalized spacial score (nSPS) is 22.8. The minimum absolute atomic E-state index is 0.369. The monoisotopic (exact) mass is 359 g/mol. The number of anilines is 1. The molecule has 7 heteroatoms. The molecule has 2 heterocycles. The summed E-state index contributed by atoms with van der Waals surface area (Å²) in [6.45, 7) is 0. The molecule has 5 nitrogen and oxygen atoms in total. The van der Waals surface area contributed by atoms with E-state index in [1.54, 1.807) is 0 Å². The Kier molecular flexibility index (Phi) is 3.22. The third-order valence-corrected chi connectivity index (χ3v) is 5.46. The minimum atomic E-state index is 0.369. The third-order valence-electron chi connectivity index (χ3n) is 4.72. The van der Waals surface area contributed by atoms with E-state index in [1.165, 1.54) is 18.4 Å². The lowest BCUT2D eigenvalue weighted by Gasteiger charge is -2.07. The molecule has 0 radical (unpaired) electrons. The van der Waals surface area contributed by atoms with Gasteiger partial charge in [-0.15, -0.1) is 15.3 Å². The number of benzene rings is 1. The Hall–Kier alpha value is -1.85. The highest BCUT2D eigenvalue weighted by atomic mass is 35.5. The molecule has 5 rings (SSSR count). The van der Waals surface area contributed by atoms with Crippen LogP contribution in [-0.4, -0.2) is 25.9 Å². The van der Waals surface area contributed by atoms with Crippen LogP contribution in [0.25, 0.3) is 5.65 Å². The van der Waals surface area contributed by atoms with E-state index in [1.807, 2.05) is 34.8 Å². The second-order valence-corrected chi connectivity index (χ2v) is 7.40. The fourth-order valence-electron chi connectivity index (χ4n) is 3.13. The summed E-state index contributed by atoms with van der Waals surface area (Å²) in [7, 11) is 0. The van der Waals surface area contributed by atoms with Crippen LogP contribution in [0.5, 0.6) is 0 Å². The summed E-state index contributed by atoms with van der Waals surface area (Å²) in [5.41, 5.74) is 2.02. The molecule has 2 aromatic heterocycles. The van der Waals surface area contributed by atoms with Gasteiger partial charge in [0.15, 0.2) is 11.5 Å². The van der Waals surface area contributed by atoms with Crippen LogP contribution in [0.2, 0.25) is 10.0 Å². The van der Waals surface area contributed by atoms with Gasteiger partial charge >= 0.3 is 0 Å². The van der Waals surface area contributed by atoms with Crippen LogP contribution >= 0.6 is 23.2 Å². The summed E-state index contributed by atoms with van der Waals surface area (Å²) in [6.07, 6.45) is 3.43. The van der Waals surface area contributed by atoms with E-state index in [2.05, 4.69) is 20.6 Å². The molecular weight excluding hydrogens is 345 g/mol. The molecule has 2 saturated carbocycles. The summed E-state index contributed by atoms with van der Waals surface area (Å²) in [5.74, 6) is 2.80. The molecule has 0 bridgehead atoms.